The van der Waals surface area contributed by atoms with Crippen molar-refractivity contribution < 1.29 is 43.5 Å². The van der Waals surface area contributed by atoms with Crippen LogP contribution in [-0.2, 0) is 50.7 Å². The molecule has 4 aliphatic rings. The second kappa shape index (κ2) is 20.4. The number of aliphatic hydroxyl groups excluding tert-OH is 2. The molecular formula is C56H66N4O9Si. The van der Waals surface area contributed by atoms with Crippen molar-refractivity contribution in [2.75, 3.05) is 50.4 Å². The van der Waals surface area contributed by atoms with Crippen LogP contribution in [0.3, 0.4) is 0 Å². The van der Waals surface area contributed by atoms with Gasteiger partial charge >= 0.3 is 0 Å². The number of anilines is 3. The molecule has 368 valence electrons. The quantitative estimate of drug-likeness (QED) is 0.0648. The van der Waals surface area contributed by atoms with Crippen molar-refractivity contribution in [2.24, 2.45) is 5.92 Å². The van der Waals surface area contributed by atoms with Gasteiger partial charge in [0.25, 0.3) is 5.91 Å². The number of aliphatic hydroxyl groups is 2. The maximum absolute atomic E-state index is 15.9. The molecule has 1 unspecified atom stereocenters. The number of methoxy groups -OCH3 is 2. The monoisotopic (exact) mass is 966 g/mol. The summed E-state index contributed by atoms with van der Waals surface area (Å²) in [6.07, 6.45) is 1.81. The Morgan fingerprint density at radius 1 is 0.829 bits per heavy atom. The third kappa shape index (κ3) is 8.89. The lowest BCUT2D eigenvalue weighted by atomic mass is 9.82. The molecule has 6 atom stereocenters. The largest absolute Gasteiger partial charge is 0.497 e. The third-order valence-electron chi connectivity index (χ3n) is 15.3. The maximum atomic E-state index is 15.9. The Hall–Kier alpha value is -6.03. The zero-order valence-corrected chi connectivity index (χ0v) is 42.2. The third-order valence-corrected chi connectivity index (χ3v) is 19.7. The van der Waals surface area contributed by atoms with E-state index >= 15 is 4.79 Å². The maximum Gasteiger partial charge on any atom is 0.264 e. The molecule has 14 heteroatoms. The van der Waals surface area contributed by atoms with Crippen LogP contribution in [0.4, 0.5) is 17.1 Å². The van der Waals surface area contributed by atoms with Gasteiger partial charge in [-0.1, -0.05) is 73.7 Å². The number of nitrogens with zero attached hydrogens (tertiary/aromatic N) is 3. The van der Waals surface area contributed by atoms with Gasteiger partial charge in [0.2, 0.25) is 11.8 Å². The van der Waals surface area contributed by atoms with Gasteiger partial charge in [-0.2, -0.15) is 0 Å². The van der Waals surface area contributed by atoms with E-state index < -0.39 is 25.8 Å². The molecule has 9 rings (SSSR count). The zero-order chi connectivity index (χ0) is 49.3. The number of nitrogens with one attached hydrogen (secondary N) is 1. The van der Waals surface area contributed by atoms with Crippen molar-refractivity contribution in [3.63, 3.8) is 0 Å². The fraction of sp³-hybridized carbons (Fsp3) is 0.411. The van der Waals surface area contributed by atoms with Crippen LogP contribution in [0.1, 0.15) is 60.9 Å². The van der Waals surface area contributed by atoms with Crippen molar-refractivity contribution >= 4 is 48.0 Å². The number of rotatable bonds is 17. The molecule has 1 fully saturated rings. The normalized spacial score (nSPS) is 22.8. The first-order chi connectivity index (χ1) is 33.9. The Morgan fingerprint density at radius 2 is 1.56 bits per heavy atom. The highest BCUT2D eigenvalue weighted by Gasteiger charge is 2.66. The SMILES string of the molecule is CCOc1ccc2c(c1)CC(NCCCCO)C(=O)N2c1cccc(CN2C(=O)[C@@]3(O[C@@H](CC(=O)N4Cc5ccccc5C[C@H]4CO)[C@H]([Si](C)(C)c4ccc(OC)cc4)[C@H]3C)c3cc(OC)ccc32)c1. The summed E-state index contributed by atoms with van der Waals surface area (Å²) >= 11 is 0. The van der Waals surface area contributed by atoms with E-state index in [0.717, 1.165) is 51.0 Å². The highest BCUT2D eigenvalue weighted by molar-refractivity contribution is 6.91. The Kier molecular flexibility index (Phi) is 14.2. The summed E-state index contributed by atoms with van der Waals surface area (Å²) in [6.45, 7) is 10.2. The van der Waals surface area contributed by atoms with Gasteiger partial charge in [0.15, 0.2) is 5.60 Å². The predicted molar refractivity (Wildman–Crippen MR) is 273 cm³/mol. The highest BCUT2D eigenvalue weighted by atomic mass is 28.3. The van der Waals surface area contributed by atoms with Gasteiger partial charge in [0, 0.05) is 30.3 Å². The minimum absolute atomic E-state index is 0.0331. The van der Waals surface area contributed by atoms with E-state index in [4.69, 9.17) is 18.9 Å². The van der Waals surface area contributed by atoms with Crippen LogP contribution in [0.2, 0.25) is 18.6 Å². The van der Waals surface area contributed by atoms with Gasteiger partial charge in [0.05, 0.1) is 78.0 Å². The number of fused-ring (bicyclic) bond motifs is 4. The molecule has 3 N–H and O–H groups in total. The minimum Gasteiger partial charge on any atom is -0.497 e. The van der Waals surface area contributed by atoms with Gasteiger partial charge in [-0.05, 0) is 128 Å². The molecule has 0 bridgehead atoms. The molecule has 0 aromatic heterocycles. The Labute approximate surface area is 412 Å². The number of carbonyl (C=O) groups is 3. The second-order valence-corrected chi connectivity index (χ2v) is 24.4. The van der Waals surface area contributed by atoms with E-state index in [2.05, 4.69) is 43.5 Å². The van der Waals surface area contributed by atoms with E-state index in [9.17, 15) is 19.8 Å². The molecule has 0 saturated carbocycles. The molecule has 1 saturated heterocycles. The van der Waals surface area contributed by atoms with Crippen molar-refractivity contribution in [1.82, 2.24) is 10.2 Å². The van der Waals surface area contributed by atoms with Crippen molar-refractivity contribution in [3.8, 4) is 17.2 Å². The summed E-state index contributed by atoms with van der Waals surface area (Å²) < 4.78 is 24.7. The van der Waals surface area contributed by atoms with Crippen LogP contribution in [0.25, 0.3) is 0 Å². The minimum atomic E-state index is -2.62. The number of hydrogen-bond acceptors (Lipinski definition) is 10. The van der Waals surface area contributed by atoms with Crippen LogP contribution in [0.5, 0.6) is 17.2 Å². The Morgan fingerprint density at radius 3 is 2.29 bits per heavy atom. The van der Waals surface area contributed by atoms with E-state index in [1.807, 2.05) is 97.9 Å². The van der Waals surface area contributed by atoms with E-state index in [0.29, 0.717) is 61.6 Å². The van der Waals surface area contributed by atoms with Crippen LogP contribution in [0, 0.1) is 5.92 Å². The number of ether oxygens (including phenoxy) is 4. The standard InChI is InChI=1S/C56H66N4O9Si/c1-7-68-45-20-23-49-40(29-45)30-48(57-25-10-11-26-61)54(64)60(49)41-16-12-13-37(27-41)33-59-50-24-19-44(67-4)31-47(50)56(55(59)65)36(2)53(70(5,6)46-21-17-43(66-3)18-22-46)51(69-56)32-52(63)58-34-39-15-9-8-14-38(39)28-42(58)35-62/h8-9,12-24,27,29,31,36,42,48,51,53,57,61-62H,7,10-11,25-26,28,30,32-35H2,1-6H3/t36-,42+,48?,51+,53-,56+/m1/s1. The van der Waals surface area contributed by atoms with Crippen molar-refractivity contribution in [3.05, 3.63) is 137 Å². The van der Waals surface area contributed by atoms with Gasteiger partial charge in [-0.15, -0.1) is 0 Å². The summed E-state index contributed by atoms with van der Waals surface area (Å²) in [6, 6.07) is 34.7. The lowest BCUT2D eigenvalue weighted by Gasteiger charge is -2.39. The second-order valence-electron chi connectivity index (χ2n) is 19.7. The molecule has 0 aliphatic carbocycles. The van der Waals surface area contributed by atoms with Gasteiger partial charge in [-0.3, -0.25) is 19.3 Å². The molecule has 4 heterocycles. The molecule has 70 heavy (non-hydrogen) atoms. The number of carbonyl (C=O) groups excluding carboxylic acids is 3. The molecular weight excluding hydrogens is 901 g/mol. The first-order valence-corrected chi connectivity index (χ1v) is 27.8. The van der Waals surface area contributed by atoms with Gasteiger partial charge < -0.3 is 44.3 Å². The summed E-state index contributed by atoms with van der Waals surface area (Å²) in [5.41, 5.74) is 5.13. The summed E-state index contributed by atoms with van der Waals surface area (Å²) in [4.78, 5) is 50.6. The van der Waals surface area contributed by atoms with Gasteiger partial charge in [-0.25, -0.2) is 0 Å². The number of benzene rings is 5. The fourth-order valence-electron chi connectivity index (χ4n) is 11.8. The lowest BCUT2D eigenvalue weighted by Crippen LogP contribution is -2.52. The first kappa shape index (κ1) is 49.0. The zero-order valence-electron chi connectivity index (χ0n) is 41.2. The predicted octanol–water partition coefficient (Wildman–Crippen LogP) is 7.15. The Bertz CT molecular complexity index is 2730. The Balaban J connectivity index is 1.08. The smallest absolute Gasteiger partial charge is 0.264 e. The summed E-state index contributed by atoms with van der Waals surface area (Å²) in [5, 5.41) is 24.6. The topological polar surface area (TPSA) is 150 Å². The number of amides is 3. The van der Waals surface area contributed by atoms with E-state index in [-0.39, 0.29) is 61.4 Å². The van der Waals surface area contributed by atoms with Crippen molar-refractivity contribution in [2.45, 2.75) is 101 Å². The van der Waals surface area contributed by atoms with E-state index in [1.54, 1.807) is 28.9 Å². The fourth-order valence-corrected chi connectivity index (χ4v) is 15.8. The first-order valence-electron chi connectivity index (χ1n) is 24.7. The van der Waals surface area contributed by atoms with Crippen LogP contribution in [-0.4, -0.2) is 99.7 Å². The molecule has 3 amide bonds. The summed E-state index contributed by atoms with van der Waals surface area (Å²) in [7, 11) is 0.634. The van der Waals surface area contributed by atoms with Crippen LogP contribution < -0.4 is 34.5 Å². The average molecular weight is 967 g/mol. The number of hydrogen-bond donors (Lipinski definition) is 3. The van der Waals surface area contributed by atoms with Crippen LogP contribution >= 0.6 is 0 Å². The van der Waals surface area contributed by atoms with Crippen LogP contribution in [0.15, 0.2) is 109 Å². The molecule has 0 radical (unpaired) electrons. The molecule has 5 aromatic rings. The molecule has 4 aliphatic heterocycles. The summed E-state index contributed by atoms with van der Waals surface area (Å²) in [5.74, 6) is 1.25. The van der Waals surface area contributed by atoms with Gasteiger partial charge in [0.1, 0.15) is 17.2 Å². The number of unbranched alkanes of at least 4 members (excludes halogenated alkanes) is 1. The molecule has 1 spiro atoms. The lowest BCUT2D eigenvalue weighted by molar-refractivity contribution is -0.151. The molecule has 5 aromatic carbocycles. The van der Waals surface area contributed by atoms with E-state index in [1.165, 1.54) is 0 Å². The molecule has 13 nitrogen and oxygen atoms in total. The average Bonchev–Trinajstić information content (AvgIpc) is 3.80. The van der Waals surface area contributed by atoms with Crippen molar-refractivity contribution in [1.29, 1.82) is 0 Å². The highest BCUT2D eigenvalue weighted by Crippen LogP contribution is 2.61.